The molecule has 0 radical (unpaired) electrons. The molecule has 2 aromatic rings. The fourth-order valence-electron chi connectivity index (χ4n) is 3.26. The van der Waals surface area contributed by atoms with Gasteiger partial charge in [0.2, 0.25) is 0 Å². The average Bonchev–Trinajstić information content (AvgIpc) is 2.61. The second-order valence-corrected chi connectivity index (χ2v) is 6.40. The number of hydrogen-bond donors (Lipinski definition) is 0. The van der Waals surface area contributed by atoms with Crippen LogP contribution in [0.5, 0.6) is 0 Å². The molecule has 0 amide bonds. The maximum Gasteiger partial charge on any atom is 0.0270 e. The molecule has 0 aliphatic carbocycles. The normalized spacial score (nSPS) is 19.8. The van der Waals surface area contributed by atoms with E-state index >= 15 is 0 Å². The maximum atomic E-state index is 4.09. The molecule has 122 valence electrons. The van der Waals surface area contributed by atoms with Gasteiger partial charge in [0.15, 0.2) is 0 Å². The zero-order chi connectivity index (χ0) is 15.9. The van der Waals surface area contributed by atoms with Gasteiger partial charge in [-0.25, -0.2) is 0 Å². The van der Waals surface area contributed by atoms with Crippen LogP contribution in [-0.4, -0.2) is 58.5 Å². The molecule has 0 N–H and O–H groups in total. The second-order valence-electron chi connectivity index (χ2n) is 6.40. The SMILES string of the molecule is C[C@H]1CN(CCc2ccncc2)CCN1CCc1ccncc1. The Hall–Kier alpha value is -1.78. The molecule has 23 heavy (non-hydrogen) atoms. The predicted octanol–water partition coefficient (Wildman–Crippen LogP) is 2.27. The third-order valence-corrected chi connectivity index (χ3v) is 4.75. The summed E-state index contributed by atoms with van der Waals surface area (Å²) in [6.07, 6.45) is 9.77. The smallest absolute Gasteiger partial charge is 0.0270 e. The van der Waals surface area contributed by atoms with Gasteiger partial charge >= 0.3 is 0 Å². The molecule has 4 heteroatoms. The minimum atomic E-state index is 0.628. The summed E-state index contributed by atoms with van der Waals surface area (Å²) in [4.78, 5) is 13.4. The van der Waals surface area contributed by atoms with Gasteiger partial charge in [-0.3, -0.25) is 14.9 Å². The number of aromatic nitrogens is 2. The van der Waals surface area contributed by atoms with Crippen molar-refractivity contribution in [2.45, 2.75) is 25.8 Å². The predicted molar refractivity (Wildman–Crippen MR) is 93.4 cm³/mol. The third kappa shape index (κ3) is 4.85. The summed E-state index contributed by atoms with van der Waals surface area (Å²) in [5.41, 5.74) is 2.76. The highest BCUT2D eigenvalue weighted by atomic mass is 15.3. The van der Waals surface area contributed by atoms with Crippen molar-refractivity contribution in [3.05, 3.63) is 60.2 Å². The van der Waals surface area contributed by atoms with Crippen LogP contribution in [0.4, 0.5) is 0 Å². The van der Waals surface area contributed by atoms with Crippen molar-refractivity contribution >= 4 is 0 Å². The summed E-state index contributed by atoms with van der Waals surface area (Å²) in [6, 6.07) is 9.11. The maximum absolute atomic E-state index is 4.09. The molecular weight excluding hydrogens is 284 g/mol. The van der Waals surface area contributed by atoms with Crippen LogP contribution in [0.3, 0.4) is 0 Å². The van der Waals surface area contributed by atoms with Gasteiger partial charge in [-0.2, -0.15) is 0 Å². The lowest BCUT2D eigenvalue weighted by atomic mass is 10.1. The van der Waals surface area contributed by atoms with Crippen molar-refractivity contribution in [2.75, 3.05) is 32.7 Å². The zero-order valence-corrected chi connectivity index (χ0v) is 13.9. The molecule has 3 heterocycles. The van der Waals surface area contributed by atoms with Crippen LogP contribution in [0.2, 0.25) is 0 Å². The highest BCUT2D eigenvalue weighted by molar-refractivity contribution is 5.11. The van der Waals surface area contributed by atoms with Crippen LogP contribution in [0.1, 0.15) is 18.1 Å². The number of nitrogens with zero attached hydrogens (tertiary/aromatic N) is 4. The van der Waals surface area contributed by atoms with E-state index in [0.717, 1.165) is 25.9 Å². The molecule has 0 saturated carbocycles. The Kier molecular flexibility index (Phi) is 5.72. The molecule has 0 unspecified atom stereocenters. The van der Waals surface area contributed by atoms with E-state index in [1.54, 1.807) is 0 Å². The number of rotatable bonds is 6. The van der Waals surface area contributed by atoms with E-state index in [9.17, 15) is 0 Å². The Morgan fingerprint density at radius 1 is 0.870 bits per heavy atom. The first-order valence-corrected chi connectivity index (χ1v) is 8.55. The molecule has 1 fully saturated rings. The van der Waals surface area contributed by atoms with E-state index in [1.165, 1.54) is 30.8 Å². The van der Waals surface area contributed by atoms with Crippen molar-refractivity contribution in [2.24, 2.45) is 0 Å². The Morgan fingerprint density at radius 2 is 1.43 bits per heavy atom. The fraction of sp³-hybridized carbons (Fsp3) is 0.474. The molecule has 4 nitrogen and oxygen atoms in total. The van der Waals surface area contributed by atoms with Crippen molar-refractivity contribution in [3.8, 4) is 0 Å². The lowest BCUT2D eigenvalue weighted by Crippen LogP contribution is -2.52. The van der Waals surface area contributed by atoms with Crippen LogP contribution in [-0.2, 0) is 12.8 Å². The summed E-state index contributed by atoms with van der Waals surface area (Å²) >= 11 is 0. The highest BCUT2D eigenvalue weighted by Gasteiger charge is 2.22. The standard InChI is InChI=1S/C19H26N4/c1-17-16-22(12-6-18-2-8-20-9-3-18)14-15-23(17)13-7-19-4-10-21-11-5-19/h2-5,8-11,17H,6-7,12-16H2,1H3/t17-/m0/s1. The van der Waals surface area contributed by atoms with Crippen LogP contribution in [0.25, 0.3) is 0 Å². The molecule has 3 rings (SSSR count). The summed E-state index contributed by atoms with van der Waals surface area (Å²) in [5.74, 6) is 0. The molecule has 1 saturated heterocycles. The Bertz CT molecular complexity index is 572. The van der Waals surface area contributed by atoms with Crippen LogP contribution in [0.15, 0.2) is 49.1 Å². The van der Waals surface area contributed by atoms with Gasteiger partial charge in [0.1, 0.15) is 0 Å². The summed E-state index contributed by atoms with van der Waals surface area (Å²) in [5, 5.41) is 0. The first-order chi connectivity index (χ1) is 11.3. The first kappa shape index (κ1) is 16.1. The van der Waals surface area contributed by atoms with Crippen molar-refractivity contribution in [1.29, 1.82) is 0 Å². The van der Waals surface area contributed by atoms with Gasteiger partial charge in [0, 0.05) is 63.6 Å². The molecule has 1 atom stereocenters. The van der Waals surface area contributed by atoms with Gasteiger partial charge in [0.05, 0.1) is 0 Å². The van der Waals surface area contributed by atoms with Crippen LogP contribution in [0, 0.1) is 0 Å². The fourth-order valence-corrected chi connectivity index (χ4v) is 3.26. The Balaban J connectivity index is 1.42. The molecule has 1 aliphatic heterocycles. The lowest BCUT2D eigenvalue weighted by molar-refractivity contribution is 0.0853. The van der Waals surface area contributed by atoms with Crippen LogP contribution >= 0.6 is 0 Å². The van der Waals surface area contributed by atoms with Gasteiger partial charge in [0.25, 0.3) is 0 Å². The average molecular weight is 310 g/mol. The molecule has 1 aliphatic rings. The summed E-state index contributed by atoms with van der Waals surface area (Å²) in [6.45, 7) is 8.15. The van der Waals surface area contributed by atoms with E-state index in [2.05, 4.69) is 51.0 Å². The number of piperazine rings is 1. The van der Waals surface area contributed by atoms with E-state index in [0.29, 0.717) is 6.04 Å². The summed E-state index contributed by atoms with van der Waals surface area (Å²) in [7, 11) is 0. The molecular formula is C19H26N4. The third-order valence-electron chi connectivity index (χ3n) is 4.75. The van der Waals surface area contributed by atoms with Gasteiger partial charge in [-0.05, 0) is 55.2 Å². The van der Waals surface area contributed by atoms with Gasteiger partial charge in [-0.1, -0.05) is 0 Å². The largest absolute Gasteiger partial charge is 0.300 e. The molecule has 0 bridgehead atoms. The van der Waals surface area contributed by atoms with Crippen LogP contribution < -0.4 is 0 Å². The minimum Gasteiger partial charge on any atom is -0.300 e. The van der Waals surface area contributed by atoms with E-state index < -0.39 is 0 Å². The highest BCUT2D eigenvalue weighted by Crippen LogP contribution is 2.12. The monoisotopic (exact) mass is 310 g/mol. The molecule has 0 spiro atoms. The quantitative estimate of drug-likeness (QED) is 0.819. The van der Waals surface area contributed by atoms with Gasteiger partial charge < -0.3 is 4.90 Å². The second kappa shape index (κ2) is 8.18. The first-order valence-electron chi connectivity index (χ1n) is 8.55. The van der Waals surface area contributed by atoms with Crippen molar-refractivity contribution < 1.29 is 0 Å². The zero-order valence-electron chi connectivity index (χ0n) is 13.9. The molecule has 2 aromatic heterocycles. The number of hydrogen-bond acceptors (Lipinski definition) is 4. The van der Waals surface area contributed by atoms with E-state index in [1.807, 2.05) is 24.8 Å². The van der Waals surface area contributed by atoms with Gasteiger partial charge in [-0.15, -0.1) is 0 Å². The molecule has 0 aromatic carbocycles. The summed E-state index contributed by atoms with van der Waals surface area (Å²) < 4.78 is 0. The topological polar surface area (TPSA) is 32.3 Å². The van der Waals surface area contributed by atoms with Crippen molar-refractivity contribution in [1.82, 2.24) is 19.8 Å². The Labute approximate surface area is 139 Å². The minimum absolute atomic E-state index is 0.628. The van der Waals surface area contributed by atoms with E-state index in [4.69, 9.17) is 0 Å². The Morgan fingerprint density at radius 3 is 2.00 bits per heavy atom. The van der Waals surface area contributed by atoms with E-state index in [-0.39, 0.29) is 0 Å². The van der Waals surface area contributed by atoms with Crippen molar-refractivity contribution in [3.63, 3.8) is 0 Å². The number of pyridine rings is 2. The lowest BCUT2D eigenvalue weighted by Gasteiger charge is -2.40.